The second-order valence-electron chi connectivity index (χ2n) is 5.58. The summed E-state index contributed by atoms with van der Waals surface area (Å²) < 4.78 is 19.3. The molecule has 2 atom stereocenters. The van der Waals surface area contributed by atoms with E-state index in [0.29, 0.717) is 23.4 Å². The molecule has 0 bridgehead atoms. The van der Waals surface area contributed by atoms with Gasteiger partial charge in [0.2, 0.25) is 0 Å². The summed E-state index contributed by atoms with van der Waals surface area (Å²) in [5, 5.41) is 3.52. The van der Waals surface area contributed by atoms with Gasteiger partial charge < -0.3 is 15.0 Å². The van der Waals surface area contributed by atoms with Gasteiger partial charge in [-0.25, -0.2) is 4.39 Å². The minimum absolute atomic E-state index is 0.183. The normalized spacial score (nSPS) is 23.8. The van der Waals surface area contributed by atoms with Crippen LogP contribution < -0.4 is 15.0 Å². The highest BCUT2D eigenvalue weighted by molar-refractivity contribution is 5.53. The van der Waals surface area contributed by atoms with Crippen LogP contribution in [-0.2, 0) is 0 Å². The number of methoxy groups -OCH3 is 1. The maximum absolute atomic E-state index is 14.1. The van der Waals surface area contributed by atoms with Crippen molar-refractivity contribution in [3.8, 4) is 5.75 Å². The summed E-state index contributed by atoms with van der Waals surface area (Å²) in [7, 11) is 1.61. The summed E-state index contributed by atoms with van der Waals surface area (Å²) in [4.78, 5) is 2.14. The van der Waals surface area contributed by atoms with E-state index in [2.05, 4.69) is 31.0 Å². The number of ether oxygens (including phenoxy) is 1. The van der Waals surface area contributed by atoms with E-state index in [0.717, 1.165) is 13.1 Å². The van der Waals surface area contributed by atoms with Crippen molar-refractivity contribution in [3.05, 3.63) is 24.0 Å². The Hall–Kier alpha value is -1.29. The van der Waals surface area contributed by atoms with E-state index in [1.165, 1.54) is 6.07 Å². The Morgan fingerprint density at radius 1 is 1.42 bits per heavy atom. The molecule has 0 radical (unpaired) electrons. The number of rotatable bonds is 3. The van der Waals surface area contributed by atoms with Crippen molar-refractivity contribution in [1.82, 2.24) is 5.32 Å². The fourth-order valence-corrected chi connectivity index (χ4v) is 2.51. The summed E-state index contributed by atoms with van der Waals surface area (Å²) in [6.07, 6.45) is 0. The molecule has 0 aliphatic carbocycles. The number of benzene rings is 1. The summed E-state index contributed by atoms with van der Waals surface area (Å²) in [6, 6.07) is 5.59. The standard InChI is InChI=1S/C15H23FN2O/c1-10(2)14-9-18(11(3)8-17-14)15-7-12(19-4)5-6-13(15)16/h5-7,10-11,14,17H,8-9H2,1-4H3. The number of nitrogens with one attached hydrogen (secondary N) is 1. The van der Waals surface area contributed by atoms with Crippen LogP contribution in [0.5, 0.6) is 5.75 Å². The van der Waals surface area contributed by atoms with Gasteiger partial charge in [-0.3, -0.25) is 0 Å². The van der Waals surface area contributed by atoms with Crippen LogP contribution in [0.15, 0.2) is 18.2 Å². The fourth-order valence-electron chi connectivity index (χ4n) is 2.51. The molecule has 0 aromatic heterocycles. The molecular weight excluding hydrogens is 243 g/mol. The first kappa shape index (κ1) is 14.1. The van der Waals surface area contributed by atoms with Crippen LogP contribution in [0.1, 0.15) is 20.8 Å². The molecule has 19 heavy (non-hydrogen) atoms. The molecule has 2 rings (SSSR count). The van der Waals surface area contributed by atoms with Crippen LogP contribution in [0, 0.1) is 11.7 Å². The van der Waals surface area contributed by atoms with E-state index in [1.807, 2.05) is 0 Å². The second-order valence-corrected chi connectivity index (χ2v) is 5.58. The Kier molecular flexibility index (Phi) is 4.30. The predicted molar refractivity (Wildman–Crippen MR) is 76.4 cm³/mol. The topological polar surface area (TPSA) is 24.5 Å². The Bertz CT molecular complexity index is 436. The van der Waals surface area contributed by atoms with Gasteiger partial charge in [0.1, 0.15) is 11.6 Å². The van der Waals surface area contributed by atoms with Gasteiger partial charge in [-0.15, -0.1) is 0 Å². The predicted octanol–water partition coefficient (Wildman–Crippen LogP) is 2.66. The van der Waals surface area contributed by atoms with Crippen LogP contribution in [0.2, 0.25) is 0 Å². The molecule has 0 amide bonds. The van der Waals surface area contributed by atoms with Gasteiger partial charge >= 0.3 is 0 Å². The molecule has 1 N–H and O–H groups in total. The average molecular weight is 266 g/mol. The van der Waals surface area contributed by atoms with Gasteiger partial charge in [-0.1, -0.05) is 13.8 Å². The molecule has 0 saturated carbocycles. The van der Waals surface area contributed by atoms with Crippen LogP contribution in [0.3, 0.4) is 0 Å². The monoisotopic (exact) mass is 266 g/mol. The van der Waals surface area contributed by atoms with Gasteiger partial charge in [0.15, 0.2) is 0 Å². The number of anilines is 1. The maximum Gasteiger partial charge on any atom is 0.146 e. The Morgan fingerprint density at radius 2 is 2.16 bits per heavy atom. The lowest BCUT2D eigenvalue weighted by Gasteiger charge is -2.42. The van der Waals surface area contributed by atoms with Crippen molar-refractivity contribution >= 4 is 5.69 Å². The van der Waals surface area contributed by atoms with Crippen molar-refractivity contribution in [3.63, 3.8) is 0 Å². The molecule has 1 aromatic rings. The van der Waals surface area contributed by atoms with Crippen molar-refractivity contribution in [1.29, 1.82) is 0 Å². The summed E-state index contributed by atoms with van der Waals surface area (Å²) >= 11 is 0. The van der Waals surface area contributed by atoms with Crippen molar-refractivity contribution in [2.24, 2.45) is 5.92 Å². The van der Waals surface area contributed by atoms with Crippen LogP contribution in [0.25, 0.3) is 0 Å². The summed E-state index contributed by atoms with van der Waals surface area (Å²) in [5.41, 5.74) is 0.638. The minimum atomic E-state index is -0.183. The van der Waals surface area contributed by atoms with E-state index in [1.54, 1.807) is 19.2 Å². The fraction of sp³-hybridized carbons (Fsp3) is 0.600. The van der Waals surface area contributed by atoms with Crippen molar-refractivity contribution < 1.29 is 9.13 Å². The number of nitrogens with zero attached hydrogens (tertiary/aromatic N) is 1. The third kappa shape index (κ3) is 3.00. The molecule has 2 unspecified atom stereocenters. The average Bonchev–Trinajstić information content (AvgIpc) is 2.40. The lowest BCUT2D eigenvalue weighted by atomic mass is 9.99. The van der Waals surface area contributed by atoms with E-state index in [9.17, 15) is 4.39 Å². The lowest BCUT2D eigenvalue weighted by Crippen LogP contribution is -2.57. The molecule has 1 aliphatic heterocycles. The molecule has 3 nitrogen and oxygen atoms in total. The zero-order chi connectivity index (χ0) is 14.0. The number of halogens is 1. The van der Waals surface area contributed by atoms with Gasteiger partial charge in [0, 0.05) is 31.2 Å². The largest absolute Gasteiger partial charge is 0.497 e. The van der Waals surface area contributed by atoms with Crippen LogP contribution in [0.4, 0.5) is 10.1 Å². The third-order valence-electron chi connectivity index (χ3n) is 3.87. The molecule has 4 heteroatoms. The van der Waals surface area contributed by atoms with Crippen LogP contribution in [-0.4, -0.2) is 32.3 Å². The van der Waals surface area contributed by atoms with Gasteiger partial charge in [0.25, 0.3) is 0 Å². The highest BCUT2D eigenvalue weighted by Gasteiger charge is 2.28. The summed E-state index contributed by atoms with van der Waals surface area (Å²) in [6.45, 7) is 8.19. The Morgan fingerprint density at radius 3 is 2.79 bits per heavy atom. The molecular formula is C15H23FN2O. The van der Waals surface area contributed by atoms with E-state index < -0.39 is 0 Å². The molecule has 106 valence electrons. The third-order valence-corrected chi connectivity index (χ3v) is 3.87. The first-order valence-electron chi connectivity index (χ1n) is 6.86. The first-order chi connectivity index (χ1) is 9.02. The molecule has 1 saturated heterocycles. The number of hydrogen-bond donors (Lipinski definition) is 1. The quantitative estimate of drug-likeness (QED) is 0.910. The van der Waals surface area contributed by atoms with E-state index in [4.69, 9.17) is 4.74 Å². The molecule has 1 aliphatic rings. The molecule has 1 aromatic carbocycles. The van der Waals surface area contributed by atoms with Gasteiger partial charge in [0.05, 0.1) is 12.8 Å². The van der Waals surface area contributed by atoms with Crippen LogP contribution >= 0.6 is 0 Å². The Labute approximate surface area is 114 Å². The second kappa shape index (κ2) is 5.78. The zero-order valence-electron chi connectivity index (χ0n) is 12.1. The number of piperazine rings is 1. The lowest BCUT2D eigenvalue weighted by molar-refractivity contribution is 0.334. The first-order valence-corrected chi connectivity index (χ1v) is 6.86. The number of hydrogen-bond acceptors (Lipinski definition) is 3. The minimum Gasteiger partial charge on any atom is -0.497 e. The summed E-state index contributed by atoms with van der Waals surface area (Å²) in [5.74, 6) is 1.05. The molecule has 0 spiro atoms. The highest BCUT2D eigenvalue weighted by atomic mass is 19.1. The molecule has 1 fully saturated rings. The van der Waals surface area contributed by atoms with E-state index in [-0.39, 0.29) is 11.9 Å². The zero-order valence-corrected chi connectivity index (χ0v) is 12.1. The van der Waals surface area contributed by atoms with Gasteiger partial charge in [-0.2, -0.15) is 0 Å². The maximum atomic E-state index is 14.1. The van der Waals surface area contributed by atoms with E-state index >= 15 is 0 Å². The smallest absolute Gasteiger partial charge is 0.146 e. The van der Waals surface area contributed by atoms with Gasteiger partial charge in [-0.05, 0) is 25.0 Å². The Balaban J connectivity index is 2.27. The van der Waals surface area contributed by atoms with Crippen molar-refractivity contribution in [2.45, 2.75) is 32.9 Å². The highest BCUT2D eigenvalue weighted by Crippen LogP contribution is 2.28. The molecule has 1 heterocycles. The van der Waals surface area contributed by atoms with Crippen molar-refractivity contribution in [2.75, 3.05) is 25.1 Å². The SMILES string of the molecule is COc1ccc(F)c(N2CC(C(C)C)NCC2C)c1.